The molecule has 0 spiro atoms. The van der Waals surface area contributed by atoms with Crippen molar-refractivity contribution in [2.75, 3.05) is 18.4 Å². The van der Waals surface area contributed by atoms with Gasteiger partial charge in [0.05, 0.1) is 0 Å². The number of hydrogen-bond acceptors (Lipinski definition) is 5. The van der Waals surface area contributed by atoms with Crippen LogP contribution in [0.5, 0.6) is 17.2 Å². The van der Waals surface area contributed by atoms with Crippen LogP contribution in [-0.4, -0.2) is 40.1 Å². The topological polar surface area (TPSA) is 99.1 Å². The number of aryl methyl sites for hydroxylation is 2. The van der Waals surface area contributed by atoms with Gasteiger partial charge in [0.25, 0.3) is 0 Å². The minimum absolute atomic E-state index is 0.246. The number of anilines is 1. The van der Waals surface area contributed by atoms with Crippen LogP contribution in [0.25, 0.3) is 0 Å². The quantitative estimate of drug-likeness (QED) is 0.611. The number of carboxylic acids is 1. The number of carboxylic acid groups (broad SMARTS) is 1. The Kier molecular flexibility index (Phi) is 6.55. The Morgan fingerprint density at radius 2 is 1.84 bits per heavy atom. The molecule has 1 heterocycles. The summed E-state index contributed by atoms with van der Waals surface area (Å²) in [5.41, 5.74) is 3.00. The summed E-state index contributed by atoms with van der Waals surface area (Å²) in [5, 5.41) is 21.5. The van der Waals surface area contributed by atoms with Crippen molar-refractivity contribution >= 4 is 17.6 Å². The van der Waals surface area contributed by atoms with Gasteiger partial charge < -0.3 is 20.3 Å². The molecule has 1 fully saturated rings. The van der Waals surface area contributed by atoms with E-state index in [1.165, 1.54) is 6.42 Å². The molecule has 3 rings (SSSR count). The van der Waals surface area contributed by atoms with Gasteiger partial charge >= 0.3 is 11.9 Å². The number of phenolic OH excluding ortho intramolecular Hbond substituents is 1. The molecule has 1 saturated heterocycles. The number of phenols is 1. The number of ether oxygens (including phenoxy) is 1. The van der Waals surface area contributed by atoms with E-state index in [9.17, 15) is 14.7 Å². The summed E-state index contributed by atoms with van der Waals surface area (Å²) in [6.07, 6.45) is 2.35. The highest BCUT2D eigenvalue weighted by molar-refractivity contribution is 6.36. The maximum atomic E-state index is 11.4. The van der Waals surface area contributed by atoms with Crippen LogP contribution in [0.2, 0.25) is 0 Å². The summed E-state index contributed by atoms with van der Waals surface area (Å²) >= 11 is 0. The van der Waals surface area contributed by atoms with Crippen LogP contribution >= 0.6 is 0 Å². The molecule has 0 unspecified atom stereocenters. The van der Waals surface area contributed by atoms with Crippen molar-refractivity contribution < 1.29 is 24.5 Å². The second-order valence-electron chi connectivity index (χ2n) is 9.07. The monoisotopic (exact) mass is 426 g/mol. The normalized spacial score (nSPS) is 16.0. The average Bonchev–Trinajstić information content (AvgIpc) is 2.66. The molecular formula is C24H30N2O5. The highest BCUT2D eigenvalue weighted by atomic mass is 16.5. The van der Waals surface area contributed by atoms with Gasteiger partial charge in [-0.25, -0.2) is 4.79 Å². The average molecular weight is 427 g/mol. The Balaban J connectivity index is 1.78. The van der Waals surface area contributed by atoms with Crippen LogP contribution in [0.4, 0.5) is 5.69 Å². The van der Waals surface area contributed by atoms with E-state index < -0.39 is 11.9 Å². The molecule has 1 aliphatic rings. The molecule has 0 radical (unpaired) electrons. The number of amides is 1. The predicted octanol–water partition coefficient (Wildman–Crippen LogP) is 4.45. The van der Waals surface area contributed by atoms with E-state index in [1.807, 2.05) is 19.9 Å². The molecule has 7 heteroatoms. The number of carbonyl (C=O) groups excluding carboxylic acids is 1. The Morgan fingerprint density at radius 3 is 2.45 bits per heavy atom. The lowest BCUT2D eigenvalue weighted by Crippen LogP contribution is -2.39. The number of nitrogens with one attached hydrogen (secondary N) is 1. The van der Waals surface area contributed by atoms with Gasteiger partial charge in [0.1, 0.15) is 17.2 Å². The largest absolute Gasteiger partial charge is 0.508 e. The van der Waals surface area contributed by atoms with E-state index in [0.29, 0.717) is 23.7 Å². The van der Waals surface area contributed by atoms with Gasteiger partial charge in [0, 0.05) is 24.3 Å². The van der Waals surface area contributed by atoms with Crippen LogP contribution in [0.3, 0.4) is 0 Å². The Labute approximate surface area is 182 Å². The second-order valence-corrected chi connectivity index (χ2v) is 9.07. The van der Waals surface area contributed by atoms with Crippen LogP contribution in [-0.2, 0) is 16.1 Å². The first-order valence-electron chi connectivity index (χ1n) is 10.4. The maximum absolute atomic E-state index is 11.4. The summed E-state index contributed by atoms with van der Waals surface area (Å²) in [4.78, 5) is 24.5. The molecule has 7 nitrogen and oxygen atoms in total. The van der Waals surface area contributed by atoms with Crippen LogP contribution in [0.1, 0.15) is 43.4 Å². The van der Waals surface area contributed by atoms with E-state index in [-0.39, 0.29) is 11.2 Å². The smallest absolute Gasteiger partial charge is 0.394 e. The fourth-order valence-corrected chi connectivity index (χ4v) is 4.16. The van der Waals surface area contributed by atoms with Crippen molar-refractivity contribution in [3.63, 3.8) is 0 Å². The van der Waals surface area contributed by atoms with Gasteiger partial charge in [0.2, 0.25) is 0 Å². The van der Waals surface area contributed by atoms with E-state index >= 15 is 0 Å². The molecule has 3 N–H and O–H groups in total. The van der Waals surface area contributed by atoms with Crippen LogP contribution in [0, 0.1) is 19.3 Å². The van der Waals surface area contributed by atoms with Gasteiger partial charge in [-0.15, -0.1) is 0 Å². The molecule has 0 bridgehead atoms. The molecule has 2 aromatic carbocycles. The third-order valence-corrected chi connectivity index (χ3v) is 5.56. The number of nitrogens with zero attached hydrogens (tertiary/aromatic N) is 1. The number of likely N-dealkylation sites (tertiary alicyclic amines) is 1. The predicted molar refractivity (Wildman–Crippen MR) is 119 cm³/mol. The van der Waals surface area contributed by atoms with Gasteiger partial charge in [-0.05, 0) is 80.1 Å². The third-order valence-electron chi connectivity index (χ3n) is 5.56. The van der Waals surface area contributed by atoms with Crippen molar-refractivity contribution in [1.29, 1.82) is 0 Å². The molecule has 0 aromatic heterocycles. The fourth-order valence-electron chi connectivity index (χ4n) is 4.16. The first-order valence-corrected chi connectivity index (χ1v) is 10.4. The van der Waals surface area contributed by atoms with Gasteiger partial charge in [-0.1, -0.05) is 13.8 Å². The van der Waals surface area contributed by atoms with Crippen LogP contribution < -0.4 is 10.1 Å². The van der Waals surface area contributed by atoms with E-state index in [4.69, 9.17) is 9.84 Å². The number of benzene rings is 2. The standard InChI is InChI=1S/C24H30N2O5/c1-15-10-18(25-22(28)23(29)30)11-16(2)21(15)31-19-6-7-20(27)17(12-19)13-26-9-5-8-24(3,4)14-26/h6-7,10-12,27H,5,8-9,13-14H2,1-4H3,(H,25,28)(H,29,30). The van der Waals surface area contributed by atoms with Crippen LogP contribution in [0.15, 0.2) is 30.3 Å². The Morgan fingerprint density at radius 1 is 1.16 bits per heavy atom. The molecular weight excluding hydrogens is 396 g/mol. The lowest BCUT2D eigenvalue weighted by Gasteiger charge is -2.38. The number of rotatable bonds is 5. The van der Waals surface area contributed by atoms with Crippen molar-refractivity contribution in [1.82, 2.24) is 4.90 Å². The van der Waals surface area contributed by atoms with Crippen molar-refractivity contribution in [2.24, 2.45) is 5.41 Å². The van der Waals surface area contributed by atoms with Gasteiger partial charge in [-0.3, -0.25) is 9.69 Å². The fraction of sp³-hybridized carbons (Fsp3) is 0.417. The molecule has 1 amide bonds. The lowest BCUT2D eigenvalue weighted by molar-refractivity contribution is -0.147. The van der Waals surface area contributed by atoms with Crippen molar-refractivity contribution in [2.45, 2.75) is 47.1 Å². The zero-order chi connectivity index (χ0) is 22.8. The number of carbonyl (C=O) groups is 2. The first kappa shape index (κ1) is 22.6. The number of hydrogen-bond donors (Lipinski definition) is 3. The summed E-state index contributed by atoms with van der Waals surface area (Å²) in [6, 6.07) is 8.56. The zero-order valence-electron chi connectivity index (χ0n) is 18.5. The third kappa shape index (κ3) is 5.76. The molecule has 2 aromatic rings. The number of aliphatic carboxylic acids is 1. The zero-order valence-corrected chi connectivity index (χ0v) is 18.5. The van der Waals surface area contributed by atoms with E-state index in [2.05, 4.69) is 24.1 Å². The van der Waals surface area contributed by atoms with E-state index in [0.717, 1.165) is 36.2 Å². The molecule has 0 atom stereocenters. The molecule has 166 valence electrons. The summed E-state index contributed by atoms with van der Waals surface area (Å²) in [5.74, 6) is -1.14. The molecule has 0 aliphatic carbocycles. The maximum Gasteiger partial charge on any atom is 0.394 e. The minimum atomic E-state index is -1.54. The second kappa shape index (κ2) is 8.98. The minimum Gasteiger partial charge on any atom is -0.508 e. The Bertz CT molecular complexity index is 976. The number of aromatic hydroxyl groups is 1. The highest BCUT2D eigenvalue weighted by Gasteiger charge is 2.26. The summed E-state index contributed by atoms with van der Waals surface area (Å²) < 4.78 is 6.11. The van der Waals surface area contributed by atoms with Crippen molar-refractivity contribution in [3.05, 3.63) is 47.0 Å². The molecule has 0 saturated carbocycles. The SMILES string of the molecule is Cc1cc(NC(=O)C(=O)O)cc(C)c1Oc1ccc(O)c(CN2CCCC(C)(C)C2)c1. The highest BCUT2D eigenvalue weighted by Crippen LogP contribution is 2.35. The summed E-state index contributed by atoms with van der Waals surface area (Å²) in [6.45, 7) is 10.9. The van der Waals surface area contributed by atoms with Gasteiger partial charge in [-0.2, -0.15) is 0 Å². The Hall–Kier alpha value is -3.06. The first-order chi connectivity index (χ1) is 14.5. The van der Waals surface area contributed by atoms with E-state index in [1.54, 1.807) is 24.3 Å². The molecule has 1 aliphatic heterocycles. The lowest BCUT2D eigenvalue weighted by atomic mass is 9.84. The molecule has 31 heavy (non-hydrogen) atoms. The van der Waals surface area contributed by atoms with Gasteiger partial charge in [0.15, 0.2) is 0 Å². The van der Waals surface area contributed by atoms with Crippen molar-refractivity contribution in [3.8, 4) is 17.2 Å². The summed E-state index contributed by atoms with van der Waals surface area (Å²) in [7, 11) is 0. The number of piperidine rings is 1.